The van der Waals surface area contributed by atoms with Crippen LogP contribution in [0.5, 0.6) is 0 Å². The third-order valence-electron chi connectivity index (χ3n) is 4.51. The highest BCUT2D eigenvalue weighted by Crippen LogP contribution is 2.33. The molecule has 0 spiro atoms. The van der Waals surface area contributed by atoms with E-state index in [4.69, 9.17) is 11.6 Å². The van der Waals surface area contributed by atoms with Crippen LogP contribution in [0.1, 0.15) is 5.56 Å². The van der Waals surface area contributed by atoms with Crippen LogP contribution in [-0.4, -0.2) is 33.4 Å². The summed E-state index contributed by atoms with van der Waals surface area (Å²) in [4.78, 5) is 26.8. The van der Waals surface area contributed by atoms with Crippen LogP contribution >= 0.6 is 35.1 Å². The summed E-state index contributed by atoms with van der Waals surface area (Å²) in [7, 11) is 1.51. The number of benzene rings is 2. The molecule has 28 heavy (non-hydrogen) atoms. The Morgan fingerprint density at radius 1 is 1.11 bits per heavy atom. The number of halogens is 1. The number of likely N-dealkylation sites (N-methyl/N-ethyl adjacent to an activating group) is 1. The SMILES string of the molecule is CN1C(=O)S/C(=C/c2cn(CCSc3ccc(Cl)cc3)c3ccccc23)C1=O. The molecule has 1 saturated heterocycles. The average Bonchev–Trinajstić information content (AvgIpc) is 3.16. The fourth-order valence-corrected chi connectivity index (χ4v) is 4.85. The predicted octanol–water partition coefficient (Wildman–Crippen LogP) is 5.75. The van der Waals surface area contributed by atoms with E-state index in [1.807, 2.05) is 48.5 Å². The molecular formula is C21H17ClN2O2S2. The van der Waals surface area contributed by atoms with Gasteiger partial charge in [0.2, 0.25) is 0 Å². The van der Waals surface area contributed by atoms with Gasteiger partial charge in [-0.2, -0.15) is 0 Å². The van der Waals surface area contributed by atoms with Crippen molar-refractivity contribution in [3.8, 4) is 0 Å². The lowest BCUT2D eigenvalue weighted by molar-refractivity contribution is -0.121. The molecule has 142 valence electrons. The second-order valence-electron chi connectivity index (χ2n) is 6.34. The monoisotopic (exact) mass is 428 g/mol. The van der Waals surface area contributed by atoms with E-state index in [1.54, 1.807) is 11.8 Å². The van der Waals surface area contributed by atoms with Crippen LogP contribution in [0.25, 0.3) is 17.0 Å². The van der Waals surface area contributed by atoms with Crippen LogP contribution in [0.15, 0.2) is 64.5 Å². The zero-order chi connectivity index (χ0) is 19.7. The standard InChI is InChI=1S/C21H17ClN2O2S2/c1-23-20(25)19(28-21(23)26)12-14-13-24(18-5-3-2-4-17(14)18)10-11-27-16-8-6-15(22)7-9-16/h2-9,12-13H,10-11H2,1H3/b19-12+. The minimum absolute atomic E-state index is 0.237. The number of para-hydroxylation sites is 1. The highest BCUT2D eigenvalue weighted by Gasteiger charge is 2.32. The minimum Gasteiger partial charge on any atom is -0.346 e. The Hall–Kier alpha value is -2.15. The van der Waals surface area contributed by atoms with Gasteiger partial charge >= 0.3 is 0 Å². The molecule has 1 aliphatic heterocycles. The van der Waals surface area contributed by atoms with Gasteiger partial charge in [-0.25, -0.2) is 0 Å². The number of fused-ring (bicyclic) bond motifs is 1. The van der Waals surface area contributed by atoms with Gasteiger partial charge in [0, 0.05) is 51.9 Å². The van der Waals surface area contributed by atoms with Crippen molar-refractivity contribution in [1.29, 1.82) is 0 Å². The van der Waals surface area contributed by atoms with Crippen LogP contribution in [0.4, 0.5) is 4.79 Å². The average molecular weight is 429 g/mol. The number of amides is 2. The maximum absolute atomic E-state index is 12.2. The largest absolute Gasteiger partial charge is 0.346 e. The van der Waals surface area contributed by atoms with Gasteiger partial charge in [-0.3, -0.25) is 14.5 Å². The van der Waals surface area contributed by atoms with E-state index in [0.717, 1.165) is 50.4 Å². The number of aromatic nitrogens is 1. The highest BCUT2D eigenvalue weighted by molar-refractivity contribution is 8.18. The summed E-state index contributed by atoms with van der Waals surface area (Å²) in [5.41, 5.74) is 2.06. The number of hydrogen-bond donors (Lipinski definition) is 0. The van der Waals surface area contributed by atoms with E-state index in [1.165, 1.54) is 11.9 Å². The summed E-state index contributed by atoms with van der Waals surface area (Å²) >= 11 is 8.70. The Bertz CT molecular complexity index is 1090. The summed E-state index contributed by atoms with van der Waals surface area (Å²) in [6.07, 6.45) is 3.87. The number of nitrogens with zero attached hydrogens (tertiary/aromatic N) is 2. The number of thioether (sulfide) groups is 2. The number of carbonyl (C=O) groups is 2. The molecule has 2 aromatic carbocycles. The van der Waals surface area contributed by atoms with Crippen molar-refractivity contribution in [2.45, 2.75) is 11.4 Å². The van der Waals surface area contributed by atoms with Gasteiger partial charge in [0.15, 0.2) is 0 Å². The number of hydrogen-bond acceptors (Lipinski definition) is 4. The van der Waals surface area contributed by atoms with Gasteiger partial charge in [0.1, 0.15) is 0 Å². The molecule has 2 amide bonds. The lowest BCUT2D eigenvalue weighted by Gasteiger charge is -2.05. The van der Waals surface area contributed by atoms with Crippen molar-refractivity contribution < 1.29 is 9.59 Å². The molecule has 1 fully saturated rings. The molecule has 0 atom stereocenters. The van der Waals surface area contributed by atoms with Gasteiger partial charge in [-0.15, -0.1) is 11.8 Å². The molecule has 0 aliphatic carbocycles. The quantitative estimate of drug-likeness (QED) is 0.383. The summed E-state index contributed by atoms with van der Waals surface area (Å²) in [6, 6.07) is 15.9. The predicted molar refractivity (Wildman–Crippen MR) is 118 cm³/mol. The third-order valence-corrected chi connectivity index (χ3v) is 6.71. The first-order valence-corrected chi connectivity index (χ1v) is 10.9. The highest BCUT2D eigenvalue weighted by atomic mass is 35.5. The van der Waals surface area contributed by atoms with Crippen molar-refractivity contribution >= 4 is 63.3 Å². The molecule has 0 radical (unpaired) electrons. The molecule has 0 N–H and O–H groups in total. The molecule has 4 nitrogen and oxygen atoms in total. The molecule has 3 aromatic rings. The van der Waals surface area contributed by atoms with E-state index in [0.29, 0.717) is 4.91 Å². The fraction of sp³-hybridized carbons (Fsp3) is 0.143. The lowest BCUT2D eigenvalue weighted by Crippen LogP contribution is -2.22. The van der Waals surface area contributed by atoms with E-state index in [-0.39, 0.29) is 11.1 Å². The molecule has 0 saturated carbocycles. The molecule has 0 unspecified atom stereocenters. The van der Waals surface area contributed by atoms with E-state index in [9.17, 15) is 9.59 Å². The van der Waals surface area contributed by atoms with Gasteiger partial charge in [0.25, 0.3) is 11.1 Å². The van der Waals surface area contributed by atoms with E-state index < -0.39 is 0 Å². The first-order valence-electron chi connectivity index (χ1n) is 8.71. The number of imide groups is 1. The summed E-state index contributed by atoms with van der Waals surface area (Å²) in [5, 5.41) is 1.57. The van der Waals surface area contributed by atoms with Crippen LogP contribution in [0.2, 0.25) is 5.02 Å². The first kappa shape index (κ1) is 19.2. The van der Waals surface area contributed by atoms with Gasteiger partial charge in [-0.1, -0.05) is 29.8 Å². The topological polar surface area (TPSA) is 42.3 Å². The molecule has 1 aliphatic rings. The maximum atomic E-state index is 12.2. The lowest BCUT2D eigenvalue weighted by atomic mass is 10.1. The van der Waals surface area contributed by atoms with Crippen molar-refractivity contribution in [3.05, 3.63) is 70.2 Å². The fourth-order valence-electron chi connectivity index (χ4n) is 3.05. The molecule has 4 rings (SSSR count). The van der Waals surface area contributed by atoms with Gasteiger partial charge in [-0.05, 0) is 48.2 Å². The van der Waals surface area contributed by atoms with Crippen LogP contribution < -0.4 is 0 Å². The van der Waals surface area contributed by atoms with E-state index >= 15 is 0 Å². The zero-order valence-electron chi connectivity index (χ0n) is 15.1. The minimum atomic E-state index is -0.245. The molecule has 1 aromatic heterocycles. The second kappa shape index (κ2) is 8.07. The Kier molecular flexibility index (Phi) is 5.53. The second-order valence-corrected chi connectivity index (χ2v) is 8.94. The Morgan fingerprint density at radius 3 is 2.57 bits per heavy atom. The summed E-state index contributed by atoms with van der Waals surface area (Å²) in [6.45, 7) is 0.830. The Balaban J connectivity index is 1.57. The first-order chi connectivity index (χ1) is 13.5. The van der Waals surface area contributed by atoms with Gasteiger partial charge < -0.3 is 4.57 Å². The Labute approximate surface area is 176 Å². The number of rotatable bonds is 5. The van der Waals surface area contributed by atoms with E-state index in [2.05, 4.69) is 16.8 Å². The molecular weight excluding hydrogens is 412 g/mol. The molecule has 0 bridgehead atoms. The van der Waals surface area contributed by atoms with Crippen LogP contribution in [0.3, 0.4) is 0 Å². The van der Waals surface area contributed by atoms with Crippen molar-refractivity contribution in [2.75, 3.05) is 12.8 Å². The maximum Gasteiger partial charge on any atom is 0.293 e. The number of aryl methyl sites for hydroxylation is 1. The molecule has 2 heterocycles. The summed E-state index contributed by atoms with van der Waals surface area (Å²) in [5.74, 6) is 0.663. The van der Waals surface area contributed by atoms with Crippen LogP contribution in [0, 0.1) is 0 Å². The summed E-state index contributed by atoms with van der Waals surface area (Å²) < 4.78 is 2.19. The third kappa shape index (κ3) is 3.85. The van der Waals surface area contributed by atoms with Crippen molar-refractivity contribution in [3.63, 3.8) is 0 Å². The van der Waals surface area contributed by atoms with Gasteiger partial charge in [0.05, 0.1) is 4.91 Å². The van der Waals surface area contributed by atoms with Crippen molar-refractivity contribution in [1.82, 2.24) is 9.47 Å². The smallest absolute Gasteiger partial charge is 0.293 e. The number of carbonyl (C=O) groups excluding carboxylic acids is 2. The normalized spacial score (nSPS) is 15.9. The Morgan fingerprint density at radius 2 is 1.86 bits per heavy atom. The van der Waals surface area contributed by atoms with Crippen LogP contribution in [-0.2, 0) is 11.3 Å². The molecule has 7 heteroatoms. The zero-order valence-corrected chi connectivity index (χ0v) is 17.5. The van der Waals surface area contributed by atoms with Crippen molar-refractivity contribution in [2.24, 2.45) is 0 Å².